The Balaban J connectivity index is 2.07. The van der Waals surface area contributed by atoms with Crippen molar-refractivity contribution in [2.75, 3.05) is 10.8 Å². The van der Waals surface area contributed by atoms with Crippen molar-refractivity contribution in [2.45, 2.75) is 50.7 Å². The van der Waals surface area contributed by atoms with Crippen molar-refractivity contribution in [2.24, 2.45) is 0 Å². The smallest absolute Gasteiger partial charge is 0.264 e. The van der Waals surface area contributed by atoms with E-state index < -0.39 is 28.5 Å². The van der Waals surface area contributed by atoms with E-state index in [1.807, 2.05) is 13.8 Å². The minimum Gasteiger partial charge on any atom is -0.352 e. The van der Waals surface area contributed by atoms with E-state index >= 15 is 0 Å². The van der Waals surface area contributed by atoms with Crippen molar-refractivity contribution >= 4 is 62.3 Å². The van der Waals surface area contributed by atoms with Crippen LogP contribution in [0.15, 0.2) is 77.7 Å². The molecule has 0 bridgehead atoms. The van der Waals surface area contributed by atoms with Crippen molar-refractivity contribution in [3.05, 3.63) is 93.4 Å². The van der Waals surface area contributed by atoms with Gasteiger partial charge >= 0.3 is 0 Å². The van der Waals surface area contributed by atoms with E-state index in [2.05, 4.69) is 5.32 Å². The first-order valence-electron chi connectivity index (χ1n) is 12.3. The van der Waals surface area contributed by atoms with Crippen LogP contribution in [0.1, 0.15) is 32.8 Å². The fraction of sp³-hybridized carbons (Fsp3) is 0.286. The number of anilines is 1. The van der Waals surface area contributed by atoms with Crippen LogP contribution in [0.25, 0.3) is 0 Å². The van der Waals surface area contributed by atoms with Crippen LogP contribution in [0.5, 0.6) is 0 Å². The SMILES string of the molecule is CC[C@H](C)NC(=O)[C@@H](C)N(Cc1ccccc1Cl)C(=O)CN(c1cccc(Cl)c1Cl)S(=O)(=O)c1ccccc1. The molecule has 0 aliphatic carbocycles. The Morgan fingerprint density at radius 1 is 0.872 bits per heavy atom. The molecule has 1 N–H and O–H groups in total. The molecule has 3 rings (SSSR count). The summed E-state index contributed by atoms with van der Waals surface area (Å²) in [6.45, 7) is 4.73. The van der Waals surface area contributed by atoms with Gasteiger partial charge in [-0.25, -0.2) is 8.42 Å². The summed E-state index contributed by atoms with van der Waals surface area (Å²) in [6, 6.07) is 18.1. The maximum Gasteiger partial charge on any atom is 0.264 e. The molecule has 0 aromatic heterocycles. The van der Waals surface area contributed by atoms with Crippen LogP contribution >= 0.6 is 34.8 Å². The lowest BCUT2D eigenvalue weighted by atomic mass is 10.1. The van der Waals surface area contributed by atoms with Crippen LogP contribution in [-0.4, -0.2) is 43.8 Å². The quantitative estimate of drug-likeness (QED) is 0.281. The van der Waals surface area contributed by atoms with Crippen LogP contribution in [0, 0.1) is 0 Å². The number of carbonyl (C=O) groups excluding carboxylic acids is 2. The second-order valence-corrected chi connectivity index (χ2v) is 12.1. The molecule has 0 saturated carbocycles. The predicted molar refractivity (Wildman–Crippen MR) is 157 cm³/mol. The van der Waals surface area contributed by atoms with Gasteiger partial charge in [0.25, 0.3) is 10.0 Å². The zero-order valence-electron chi connectivity index (χ0n) is 21.8. The number of sulfonamides is 1. The maximum atomic E-state index is 13.9. The summed E-state index contributed by atoms with van der Waals surface area (Å²) >= 11 is 19.0. The summed E-state index contributed by atoms with van der Waals surface area (Å²) in [6.07, 6.45) is 0.702. The minimum absolute atomic E-state index is 0.0178. The molecule has 11 heteroatoms. The van der Waals surface area contributed by atoms with Gasteiger partial charge < -0.3 is 10.2 Å². The number of nitrogens with one attached hydrogen (secondary N) is 1. The zero-order valence-corrected chi connectivity index (χ0v) is 24.9. The Labute approximate surface area is 244 Å². The van der Waals surface area contributed by atoms with Crippen molar-refractivity contribution in [3.8, 4) is 0 Å². The standard InChI is InChI=1S/C28H30Cl3N3O4S/c1-4-19(2)32-28(36)20(3)33(17-21-11-8-9-14-23(21)29)26(35)18-34(25-16-10-15-24(30)27(25)31)39(37,38)22-12-6-5-7-13-22/h5-16,19-20H,4,17-18H2,1-3H3,(H,32,36)/t19-,20+/m0/s1. The molecule has 39 heavy (non-hydrogen) atoms. The Hall–Kier alpha value is -2.78. The summed E-state index contributed by atoms with van der Waals surface area (Å²) in [5.74, 6) is -1.000. The van der Waals surface area contributed by atoms with Gasteiger partial charge in [-0.3, -0.25) is 13.9 Å². The Kier molecular flexibility index (Phi) is 10.7. The van der Waals surface area contributed by atoms with Gasteiger partial charge in [0.15, 0.2) is 0 Å². The number of hydrogen-bond acceptors (Lipinski definition) is 4. The molecule has 0 saturated heterocycles. The maximum absolute atomic E-state index is 13.9. The molecular weight excluding hydrogens is 581 g/mol. The third kappa shape index (κ3) is 7.45. The number of nitrogens with zero attached hydrogens (tertiary/aromatic N) is 2. The van der Waals surface area contributed by atoms with Gasteiger partial charge in [0, 0.05) is 17.6 Å². The Bertz CT molecular complexity index is 1420. The molecule has 0 heterocycles. The minimum atomic E-state index is -4.26. The van der Waals surface area contributed by atoms with Gasteiger partial charge in [-0.05, 0) is 56.2 Å². The fourth-order valence-corrected chi connectivity index (χ4v) is 5.87. The second-order valence-electron chi connectivity index (χ2n) is 9.00. The van der Waals surface area contributed by atoms with Gasteiger partial charge in [-0.1, -0.05) is 84.2 Å². The number of carbonyl (C=O) groups is 2. The molecule has 7 nitrogen and oxygen atoms in total. The van der Waals surface area contributed by atoms with Gasteiger partial charge in [0.05, 0.1) is 20.6 Å². The first-order chi connectivity index (χ1) is 18.5. The van der Waals surface area contributed by atoms with Crippen LogP contribution in [0.3, 0.4) is 0 Å². The second kappa shape index (κ2) is 13.5. The molecule has 0 aliphatic rings. The van der Waals surface area contributed by atoms with E-state index in [-0.39, 0.29) is 39.1 Å². The number of amides is 2. The van der Waals surface area contributed by atoms with E-state index in [1.165, 1.54) is 29.2 Å². The van der Waals surface area contributed by atoms with E-state index in [4.69, 9.17) is 34.8 Å². The molecule has 0 radical (unpaired) electrons. The largest absolute Gasteiger partial charge is 0.352 e. The summed E-state index contributed by atoms with van der Waals surface area (Å²) in [5.41, 5.74) is 0.643. The average molecular weight is 611 g/mol. The number of rotatable bonds is 11. The first-order valence-corrected chi connectivity index (χ1v) is 14.9. The number of halogens is 3. The molecule has 208 valence electrons. The highest BCUT2D eigenvalue weighted by Gasteiger charge is 2.34. The topological polar surface area (TPSA) is 86.8 Å². The molecule has 2 amide bonds. The molecular formula is C28H30Cl3N3O4S. The fourth-order valence-electron chi connectivity index (χ4n) is 3.78. The van der Waals surface area contributed by atoms with Crippen LogP contribution < -0.4 is 9.62 Å². The normalized spacial score (nSPS) is 12.9. The lowest BCUT2D eigenvalue weighted by Crippen LogP contribution is -2.52. The van der Waals surface area contributed by atoms with Crippen molar-refractivity contribution in [1.82, 2.24) is 10.2 Å². The summed E-state index contributed by atoms with van der Waals surface area (Å²) < 4.78 is 28.5. The highest BCUT2D eigenvalue weighted by molar-refractivity contribution is 7.92. The van der Waals surface area contributed by atoms with E-state index in [0.29, 0.717) is 17.0 Å². The molecule has 0 unspecified atom stereocenters. The average Bonchev–Trinajstić information content (AvgIpc) is 2.92. The van der Waals surface area contributed by atoms with Crippen molar-refractivity contribution in [3.63, 3.8) is 0 Å². The molecule has 2 atom stereocenters. The van der Waals surface area contributed by atoms with E-state index in [0.717, 1.165) is 4.31 Å². The van der Waals surface area contributed by atoms with Crippen molar-refractivity contribution < 1.29 is 18.0 Å². The third-order valence-corrected chi connectivity index (χ3v) is 9.23. The number of benzene rings is 3. The predicted octanol–water partition coefficient (Wildman–Crippen LogP) is 6.17. The van der Waals surface area contributed by atoms with Crippen LogP contribution in [0.4, 0.5) is 5.69 Å². The Morgan fingerprint density at radius 3 is 2.13 bits per heavy atom. The summed E-state index contributed by atoms with van der Waals surface area (Å²) in [5, 5.41) is 3.41. The third-order valence-electron chi connectivity index (χ3n) is 6.28. The van der Waals surface area contributed by atoms with Crippen LogP contribution in [0.2, 0.25) is 15.1 Å². The lowest BCUT2D eigenvalue weighted by molar-refractivity contribution is -0.139. The monoisotopic (exact) mass is 609 g/mol. The van der Waals surface area contributed by atoms with Gasteiger partial charge in [0.1, 0.15) is 12.6 Å². The van der Waals surface area contributed by atoms with Crippen LogP contribution in [-0.2, 0) is 26.2 Å². The lowest BCUT2D eigenvalue weighted by Gasteiger charge is -2.33. The highest BCUT2D eigenvalue weighted by atomic mass is 35.5. The number of hydrogen-bond donors (Lipinski definition) is 1. The van der Waals surface area contributed by atoms with Gasteiger partial charge in [-0.2, -0.15) is 0 Å². The summed E-state index contributed by atoms with van der Waals surface area (Å²) in [4.78, 5) is 28.3. The first kappa shape index (κ1) is 30.8. The molecule has 0 spiro atoms. The zero-order chi connectivity index (χ0) is 28.7. The molecule has 3 aromatic rings. The molecule has 3 aromatic carbocycles. The van der Waals surface area contributed by atoms with Gasteiger partial charge in [-0.15, -0.1) is 0 Å². The molecule has 0 aliphatic heterocycles. The van der Waals surface area contributed by atoms with Crippen molar-refractivity contribution in [1.29, 1.82) is 0 Å². The Morgan fingerprint density at radius 2 is 1.49 bits per heavy atom. The summed E-state index contributed by atoms with van der Waals surface area (Å²) in [7, 11) is -4.26. The van der Waals surface area contributed by atoms with Gasteiger partial charge in [0.2, 0.25) is 11.8 Å². The highest BCUT2D eigenvalue weighted by Crippen LogP contribution is 2.35. The van der Waals surface area contributed by atoms with E-state index in [9.17, 15) is 18.0 Å². The molecule has 0 fully saturated rings. The van der Waals surface area contributed by atoms with E-state index in [1.54, 1.807) is 55.5 Å².